The quantitative estimate of drug-likeness (QED) is 0.698. The second kappa shape index (κ2) is 4.10. The molecule has 1 aromatic carbocycles. The molecule has 0 spiro atoms. The van der Waals surface area contributed by atoms with Gasteiger partial charge in [0.05, 0.1) is 22.3 Å². The Kier molecular flexibility index (Phi) is 2.53. The number of nitrogens with zero attached hydrogens (tertiary/aromatic N) is 2. The summed E-state index contributed by atoms with van der Waals surface area (Å²) < 4.78 is 7.27. The molecule has 3 aromatic rings. The van der Waals surface area contributed by atoms with Gasteiger partial charge in [0.1, 0.15) is 4.99 Å². The highest BCUT2D eigenvalue weighted by molar-refractivity contribution is 7.80. The van der Waals surface area contributed by atoms with E-state index in [4.69, 9.17) is 28.1 Å². The van der Waals surface area contributed by atoms with Crippen LogP contribution in [0, 0.1) is 6.92 Å². The SMILES string of the molecule is Cc1nn(-c2ccccc2)c2oc(N)c(C(N)=S)c12. The number of hydrogen-bond acceptors (Lipinski definition) is 4. The Morgan fingerprint density at radius 1 is 1.32 bits per heavy atom. The molecule has 0 bridgehead atoms. The van der Waals surface area contributed by atoms with Crippen LogP contribution in [0.4, 0.5) is 5.88 Å². The van der Waals surface area contributed by atoms with Crippen LogP contribution in [-0.4, -0.2) is 14.8 Å². The molecule has 0 atom stereocenters. The molecule has 0 unspecified atom stereocenters. The second-order valence-electron chi connectivity index (χ2n) is 4.22. The smallest absolute Gasteiger partial charge is 0.233 e. The van der Waals surface area contributed by atoms with Crippen molar-refractivity contribution in [2.75, 3.05) is 5.73 Å². The molecule has 3 rings (SSSR count). The summed E-state index contributed by atoms with van der Waals surface area (Å²) in [6, 6.07) is 9.67. The van der Waals surface area contributed by atoms with Crippen molar-refractivity contribution in [2.45, 2.75) is 6.92 Å². The molecular weight excluding hydrogens is 260 g/mol. The number of furan rings is 1. The van der Waals surface area contributed by atoms with Gasteiger partial charge in [0.15, 0.2) is 0 Å². The fourth-order valence-corrected chi connectivity index (χ4v) is 2.36. The van der Waals surface area contributed by atoms with E-state index >= 15 is 0 Å². The lowest BCUT2D eigenvalue weighted by atomic mass is 10.2. The number of hydrogen-bond donors (Lipinski definition) is 2. The van der Waals surface area contributed by atoms with Crippen molar-refractivity contribution in [3.05, 3.63) is 41.6 Å². The van der Waals surface area contributed by atoms with Gasteiger partial charge in [-0.2, -0.15) is 9.78 Å². The highest BCUT2D eigenvalue weighted by Gasteiger charge is 2.22. The third kappa shape index (κ3) is 1.68. The Balaban J connectivity index is 2.36. The normalized spacial score (nSPS) is 11.0. The number of rotatable bonds is 2. The van der Waals surface area contributed by atoms with Crippen molar-refractivity contribution in [3.63, 3.8) is 0 Å². The molecule has 19 heavy (non-hydrogen) atoms. The number of nitrogen functional groups attached to an aromatic ring is 1. The number of para-hydroxylation sites is 1. The molecule has 0 radical (unpaired) electrons. The summed E-state index contributed by atoms with van der Waals surface area (Å²) >= 11 is 5.02. The van der Waals surface area contributed by atoms with E-state index in [1.165, 1.54) is 0 Å². The molecule has 0 saturated carbocycles. The average Bonchev–Trinajstić information content (AvgIpc) is 2.87. The van der Waals surface area contributed by atoms with E-state index in [-0.39, 0.29) is 10.9 Å². The van der Waals surface area contributed by atoms with Gasteiger partial charge in [0.2, 0.25) is 11.6 Å². The van der Waals surface area contributed by atoms with Gasteiger partial charge >= 0.3 is 0 Å². The Morgan fingerprint density at radius 2 is 2.00 bits per heavy atom. The summed E-state index contributed by atoms with van der Waals surface area (Å²) in [6.07, 6.45) is 0. The van der Waals surface area contributed by atoms with Crippen molar-refractivity contribution in [2.24, 2.45) is 5.73 Å². The molecule has 0 aliphatic carbocycles. The topological polar surface area (TPSA) is 83.0 Å². The van der Waals surface area contributed by atoms with Crippen LogP contribution in [0.1, 0.15) is 11.3 Å². The molecule has 2 heterocycles. The molecule has 2 aromatic heterocycles. The Bertz CT molecular complexity index is 773. The average molecular weight is 272 g/mol. The molecule has 0 saturated heterocycles. The van der Waals surface area contributed by atoms with Crippen molar-refractivity contribution < 1.29 is 4.42 Å². The number of thiocarbonyl (C=S) groups is 1. The van der Waals surface area contributed by atoms with Gasteiger partial charge in [-0.25, -0.2) is 0 Å². The number of benzene rings is 1. The fraction of sp³-hybridized carbons (Fsp3) is 0.0769. The van der Waals surface area contributed by atoms with E-state index in [1.54, 1.807) is 4.68 Å². The van der Waals surface area contributed by atoms with Crippen molar-refractivity contribution in [1.29, 1.82) is 0 Å². The summed E-state index contributed by atoms with van der Waals surface area (Å²) in [5.74, 6) is 0.229. The Labute approximate surface area is 114 Å². The van der Waals surface area contributed by atoms with Crippen LogP contribution in [0.5, 0.6) is 0 Å². The van der Waals surface area contributed by atoms with E-state index in [0.29, 0.717) is 11.3 Å². The van der Waals surface area contributed by atoms with Crippen LogP contribution in [-0.2, 0) is 0 Å². The number of aromatic nitrogens is 2. The van der Waals surface area contributed by atoms with Crippen molar-refractivity contribution >= 4 is 34.2 Å². The first kappa shape index (κ1) is 11.7. The largest absolute Gasteiger partial charge is 0.422 e. The molecule has 6 heteroatoms. The van der Waals surface area contributed by atoms with Gasteiger partial charge in [-0.1, -0.05) is 30.4 Å². The molecule has 0 aliphatic rings. The van der Waals surface area contributed by atoms with Gasteiger partial charge < -0.3 is 15.9 Å². The monoisotopic (exact) mass is 272 g/mol. The van der Waals surface area contributed by atoms with Crippen LogP contribution in [0.25, 0.3) is 16.8 Å². The molecule has 0 fully saturated rings. The van der Waals surface area contributed by atoms with E-state index in [9.17, 15) is 0 Å². The lowest BCUT2D eigenvalue weighted by Gasteiger charge is -2.00. The predicted octanol–water partition coefficient (Wildman–Crippen LogP) is 2.14. The van der Waals surface area contributed by atoms with E-state index in [1.807, 2.05) is 37.3 Å². The first-order valence-corrected chi connectivity index (χ1v) is 6.13. The molecular formula is C13H12N4OS. The summed E-state index contributed by atoms with van der Waals surface area (Å²) in [5, 5.41) is 5.23. The maximum atomic E-state index is 5.84. The summed E-state index contributed by atoms with van der Waals surface area (Å²) in [6.45, 7) is 1.87. The first-order chi connectivity index (χ1) is 9.09. The number of anilines is 1. The minimum atomic E-state index is 0.215. The Hall–Kier alpha value is -2.34. The van der Waals surface area contributed by atoms with E-state index in [0.717, 1.165) is 16.8 Å². The lowest BCUT2D eigenvalue weighted by molar-refractivity contribution is 0.601. The van der Waals surface area contributed by atoms with Crippen LogP contribution in [0.15, 0.2) is 34.7 Å². The van der Waals surface area contributed by atoms with E-state index < -0.39 is 0 Å². The van der Waals surface area contributed by atoms with Gasteiger partial charge in [-0.3, -0.25) is 0 Å². The Morgan fingerprint density at radius 3 is 2.63 bits per heavy atom. The van der Waals surface area contributed by atoms with Gasteiger partial charge in [0, 0.05) is 0 Å². The standard InChI is InChI=1S/C13H12N4OS/c1-7-9-10(12(15)19)11(14)18-13(9)17(16-7)8-5-3-2-4-6-8/h2-6H,14H2,1H3,(H2,15,19). The number of nitrogens with two attached hydrogens (primary N) is 2. The molecule has 0 amide bonds. The second-order valence-corrected chi connectivity index (χ2v) is 4.66. The third-order valence-electron chi connectivity index (χ3n) is 2.97. The molecule has 0 aliphatic heterocycles. The molecule has 4 N–H and O–H groups in total. The molecule has 96 valence electrons. The van der Waals surface area contributed by atoms with Crippen molar-refractivity contribution in [3.8, 4) is 5.69 Å². The van der Waals surface area contributed by atoms with Gasteiger partial charge in [0.25, 0.3) is 0 Å². The highest BCUT2D eigenvalue weighted by Crippen LogP contribution is 2.31. The maximum absolute atomic E-state index is 5.84. The van der Waals surface area contributed by atoms with Crippen LogP contribution >= 0.6 is 12.2 Å². The highest BCUT2D eigenvalue weighted by atomic mass is 32.1. The molecule has 5 nitrogen and oxygen atoms in total. The number of aryl methyl sites for hydroxylation is 1. The first-order valence-electron chi connectivity index (χ1n) is 5.72. The minimum Gasteiger partial charge on any atom is -0.422 e. The zero-order chi connectivity index (χ0) is 13.6. The summed E-state index contributed by atoms with van der Waals surface area (Å²) in [5.41, 5.74) is 14.3. The number of fused-ring (bicyclic) bond motifs is 1. The fourth-order valence-electron chi connectivity index (χ4n) is 2.16. The van der Waals surface area contributed by atoms with Crippen LogP contribution < -0.4 is 11.5 Å². The summed E-state index contributed by atoms with van der Waals surface area (Å²) in [4.78, 5) is 0.215. The predicted molar refractivity (Wildman–Crippen MR) is 78.4 cm³/mol. The van der Waals surface area contributed by atoms with Crippen molar-refractivity contribution in [1.82, 2.24) is 9.78 Å². The zero-order valence-electron chi connectivity index (χ0n) is 10.3. The maximum Gasteiger partial charge on any atom is 0.233 e. The zero-order valence-corrected chi connectivity index (χ0v) is 11.1. The third-order valence-corrected chi connectivity index (χ3v) is 3.17. The van der Waals surface area contributed by atoms with Crippen LogP contribution in [0.3, 0.4) is 0 Å². The summed E-state index contributed by atoms with van der Waals surface area (Å²) in [7, 11) is 0. The van der Waals surface area contributed by atoms with Crippen LogP contribution in [0.2, 0.25) is 0 Å². The van der Waals surface area contributed by atoms with Gasteiger partial charge in [-0.15, -0.1) is 0 Å². The lowest BCUT2D eigenvalue weighted by Crippen LogP contribution is -2.10. The minimum absolute atomic E-state index is 0.215. The van der Waals surface area contributed by atoms with Gasteiger partial charge in [-0.05, 0) is 19.1 Å². The van der Waals surface area contributed by atoms with E-state index in [2.05, 4.69) is 5.10 Å².